The van der Waals surface area contributed by atoms with Gasteiger partial charge >= 0.3 is 0 Å². The summed E-state index contributed by atoms with van der Waals surface area (Å²) in [7, 11) is 0. The van der Waals surface area contributed by atoms with Crippen LogP contribution >= 0.6 is 59.1 Å². The lowest BCUT2D eigenvalue weighted by Gasteiger charge is -2.15. The van der Waals surface area contributed by atoms with E-state index in [0.717, 1.165) is 40.4 Å². The summed E-state index contributed by atoms with van der Waals surface area (Å²) < 4.78 is 0.743. The minimum atomic E-state index is 0. The highest BCUT2D eigenvalue weighted by Gasteiger charge is 2.38. The Balaban J connectivity index is 0.000000960. The van der Waals surface area contributed by atoms with E-state index in [-0.39, 0.29) is 30.7 Å². The molecule has 126 valence electrons. The van der Waals surface area contributed by atoms with Crippen LogP contribution in [0.4, 0.5) is 0 Å². The zero-order chi connectivity index (χ0) is 14.4. The maximum Gasteiger partial charge on any atom is 0.273 e. The molecule has 2 saturated heterocycles. The molecule has 1 N–H and O–H groups in total. The minimum absolute atomic E-state index is 0. The van der Waals surface area contributed by atoms with Gasteiger partial charge in [-0.15, -0.1) is 47.5 Å². The standard InChI is InChI=1S/C14H14ClN3OS2.2ClH/c15-12-2-1-11(21-12)13-17-10(7-20-13)14(19)18-5-8-3-16-4-9(8)6-18;;/h1-2,7-9,16H,3-6H2;2*1H/t8-,9+;;. The van der Waals surface area contributed by atoms with Crippen molar-refractivity contribution < 1.29 is 4.79 Å². The average molecular weight is 413 g/mol. The van der Waals surface area contributed by atoms with Crippen molar-refractivity contribution in [2.24, 2.45) is 11.8 Å². The van der Waals surface area contributed by atoms with Crippen molar-refractivity contribution in [3.63, 3.8) is 0 Å². The van der Waals surface area contributed by atoms with Gasteiger partial charge in [-0.2, -0.15) is 0 Å². The SMILES string of the molecule is Cl.Cl.O=C(c1csc(-c2ccc(Cl)s2)n1)N1C[C@H]2CNC[C@H]2C1. The predicted molar refractivity (Wildman–Crippen MR) is 101 cm³/mol. The number of fused-ring (bicyclic) bond motifs is 1. The number of amides is 1. The van der Waals surface area contributed by atoms with E-state index in [1.807, 2.05) is 22.4 Å². The van der Waals surface area contributed by atoms with Crippen LogP contribution in [0, 0.1) is 11.8 Å². The zero-order valence-corrected chi connectivity index (χ0v) is 16.1. The Kier molecular flexibility index (Phi) is 6.33. The van der Waals surface area contributed by atoms with E-state index >= 15 is 0 Å². The summed E-state index contributed by atoms with van der Waals surface area (Å²) in [5.74, 6) is 1.29. The van der Waals surface area contributed by atoms with Crippen molar-refractivity contribution in [1.29, 1.82) is 0 Å². The lowest BCUT2D eigenvalue weighted by atomic mass is 10.0. The number of rotatable bonds is 2. The number of halogens is 3. The number of aromatic nitrogens is 1. The van der Waals surface area contributed by atoms with Gasteiger partial charge < -0.3 is 10.2 Å². The van der Waals surface area contributed by atoms with Crippen molar-refractivity contribution in [2.45, 2.75) is 0 Å². The number of hydrogen-bond donors (Lipinski definition) is 1. The Morgan fingerprint density at radius 3 is 2.57 bits per heavy atom. The predicted octanol–water partition coefficient (Wildman–Crippen LogP) is 3.66. The third-order valence-electron chi connectivity index (χ3n) is 4.18. The van der Waals surface area contributed by atoms with Crippen molar-refractivity contribution in [2.75, 3.05) is 26.2 Å². The number of nitrogens with one attached hydrogen (secondary N) is 1. The van der Waals surface area contributed by atoms with Gasteiger partial charge in [0.05, 0.1) is 9.21 Å². The first kappa shape index (κ1) is 19.0. The molecule has 0 saturated carbocycles. The summed E-state index contributed by atoms with van der Waals surface area (Å²) in [6.07, 6.45) is 0. The van der Waals surface area contributed by atoms with Gasteiger partial charge in [-0.05, 0) is 24.0 Å². The molecular weight excluding hydrogens is 397 g/mol. The van der Waals surface area contributed by atoms with Crippen molar-refractivity contribution in [3.8, 4) is 9.88 Å². The summed E-state index contributed by atoms with van der Waals surface area (Å²) in [5.41, 5.74) is 0.562. The van der Waals surface area contributed by atoms with Crippen LogP contribution < -0.4 is 5.32 Å². The molecule has 1 amide bonds. The lowest BCUT2D eigenvalue weighted by Crippen LogP contribution is -2.32. The summed E-state index contributed by atoms with van der Waals surface area (Å²) in [5, 5.41) is 6.12. The monoisotopic (exact) mass is 411 g/mol. The molecule has 0 aromatic carbocycles. The van der Waals surface area contributed by atoms with Crippen molar-refractivity contribution in [1.82, 2.24) is 15.2 Å². The van der Waals surface area contributed by atoms with E-state index in [2.05, 4.69) is 10.3 Å². The van der Waals surface area contributed by atoms with E-state index in [4.69, 9.17) is 11.6 Å². The molecule has 0 radical (unpaired) electrons. The van der Waals surface area contributed by atoms with Crippen LogP contribution in [-0.2, 0) is 0 Å². The Morgan fingerprint density at radius 1 is 1.26 bits per heavy atom. The third-order valence-corrected chi connectivity index (χ3v) is 6.43. The first-order valence-corrected chi connectivity index (χ1v) is 8.99. The molecule has 0 aliphatic carbocycles. The molecule has 4 nitrogen and oxygen atoms in total. The molecule has 9 heteroatoms. The van der Waals surface area contributed by atoms with Gasteiger partial charge in [0.1, 0.15) is 10.7 Å². The van der Waals surface area contributed by atoms with Gasteiger partial charge in [0.15, 0.2) is 0 Å². The van der Waals surface area contributed by atoms with Gasteiger partial charge in [0.2, 0.25) is 0 Å². The van der Waals surface area contributed by atoms with Crippen LogP contribution in [0.25, 0.3) is 9.88 Å². The third kappa shape index (κ3) is 3.67. The molecule has 4 rings (SSSR count). The summed E-state index contributed by atoms with van der Waals surface area (Å²) >= 11 is 8.95. The second-order valence-electron chi connectivity index (χ2n) is 5.53. The Labute approximate surface area is 160 Å². The van der Waals surface area contributed by atoms with Gasteiger partial charge in [-0.25, -0.2) is 4.98 Å². The number of carbonyl (C=O) groups is 1. The number of thiazole rings is 1. The van der Waals surface area contributed by atoms with Crippen LogP contribution in [-0.4, -0.2) is 42.0 Å². The van der Waals surface area contributed by atoms with Crippen molar-refractivity contribution >= 4 is 65.0 Å². The maximum atomic E-state index is 12.6. The van der Waals surface area contributed by atoms with E-state index in [0.29, 0.717) is 17.5 Å². The summed E-state index contributed by atoms with van der Waals surface area (Å²) in [6.45, 7) is 3.78. The van der Waals surface area contributed by atoms with Crippen LogP contribution in [0.1, 0.15) is 10.5 Å². The number of likely N-dealkylation sites (tertiary alicyclic amines) is 1. The zero-order valence-electron chi connectivity index (χ0n) is 12.0. The highest BCUT2D eigenvalue weighted by molar-refractivity contribution is 7.23. The number of thiophene rings is 1. The second kappa shape index (κ2) is 7.68. The molecule has 4 heterocycles. The highest BCUT2D eigenvalue weighted by Crippen LogP contribution is 2.34. The quantitative estimate of drug-likeness (QED) is 0.818. The van der Waals surface area contributed by atoms with Crippen molar-refractivity contribution in [3.05, 3.63) is 27.5 Å². The van der Waals surface area contributed by atoms with Crippen LogP contribution in [0.3, 0.4) is 0 Å². The smallest absolute Gasteiger partial charge is 0.273 e. The van der Waals surface area contributed by atoms with E-state index in [9.17, 15) is 4.79 Å². The molecule has 0 unspecified atom stereocenters. The van der Waals surface area contributed by atoms with Gasteiger partial charge in [0, 0.05) is 31.6 Å². The van der Waals surface area contributed by atoms with E-state index in [1.165, 1.54) is 22.7 Å². The topological polar surface area (TPSA) is 45.2 Å². The number of nitrogens with zero attached hydrogens (tertiary/aromatic N) is 2. The molecule has 2 atom stereocenters. The average Bonchev–Trinajstić information content (AvgIpc) is 3.20. The number of hydrogen-bond acceptors (Lipinski definition) is 5. The molecule has 2 aromatic rings. The fourth-order valence-electron chi connectivity index (χ4n) is 3.10. The van der Waals surface area contributed by atoms with Gasteiger partial charge in [0.25, 0.3) is 5.91 Å². The lowest BCUT2D eigenvalue weighted by molar-refractivity contribution is 0.0777. The Morgan fingerprint density at radius 2 is 1.96 bits per heavy atom. The minimum Gasteiger partial charge on any atom is -0.337 e. The van der Waals surface area contributed by atoms with Gasteiger partial charge in [-0.3, -0.25) is 4.79 Å². The first-order chi connectivity index (χ1) is 10.2. The molecule has 23 heavy (non-hydrogen) atoms. The largest absolute Gasteiger partial charge is 0.337 e. The van der Waals surface area contributed by atoms with Gasteiger partial charge in [-0.1, -0.05) is 11.6 Å². The van der Waals surface area contributed by atoms with E-state index in [1.54, 1.807) is 0 Å². The first-order valence-electron chi connectivity index (χ1n) is 6.92. The molecule has 2 fully saturated rings. The molecular formula is C14H16Cl3N3OS2. The van der Waals surface area contributed by atoms with Crippen LogP contribution in [0.2, 0.25) is 4.34 Å². The summed E-state index contributed by atoms with van der Waals surface area (Å²) in [6, 6.07) is 3.81. The maximum absolute atomic E-state index is 12.6. The van der Waals surface area contributed by atoms with Crippen LogP contribution in [0.5, 0.6) is 0 Å². The van der Waals surface area contributed by atoms with Crippen LogP contribution in [0.15, 0.2) is 17.5 Å². The Hall–Kier alpha value is -0.370. The summed E-state index contributed by atoms with van der Waals surface area (Å²) in [4.78, 5) is 20.0. The molecule has 0 bridgehead atoms. The molecule has 2 aliphatic heterocycles. The normalized spacial score (nSPS) is 22.4. The number of carbonyl (C=O) groups excluding carboxylic acids is 1. The molecule has 0 spiro atoms. The molecule has 2 aromatic heterocycles. The fraction of sp³-hybridized carbons (Fsp3) is 0.429. The van der Waals surface area contributed by atoms with E-state index < -0.39 is 0 Å². The molecule has 2 aliphatic rings. The Bertz CT molecular complexity index is 678. The fourth-order valence-corrected chi connectivity index (χ4v) is 5.01. The second-order valence-corrected chi connectivity index (χ2v) is 8.10. The highest BCUT2D eigenvalue weighted by atomic mass is 35.5.